The number of hydrogen-bond donors (Lipinski definition) is 1. The number of nitrogens with zero attached hydrogens (tertiary/aromatic N) is 1. The van der Waals surface area contributed by atoms with Crippen LogP contribution in [0.5, 0.6) is 0 Å². The number of likely N-dealkylation sites (tertiary alicyclic amines) is 1. The molecular formula is C17H29ClN2O3. The van der Waals surface area contributed by atoms with E-state index in [4.69, 9.17) is 16.3 Å². The Morgan fingerprint density at radius 1 is 1.09 bits per heavy atom. The Balaban J connectivity index is 1.59. The van der Waals surface area contributed by atoms with Crippen molar-refractivity contribution in [1.82, 2.24) is 10.2 Å². The van der Waals surface area contributed by atoms with Gasteiger partial charge in [-0.25, -0.2) is 4.79 Å². The summed E-state index contributed by atoms with van der Waals surface area (Å²) in [4.78, 5) is 25.5. The van der Waals surface area contributed by atoms with E-state index in [9.17, 15) is 9.59 Å². The van der Waals surface area contributed by atoms with Gasteiger partial charge in [-0.1, -0.05) is 32.1 Å². The molecule has 2 aliphatic rings. The van der Waals surface area contributed by atoms with Crippen molar-refractivity contribution in [2.45, 2.75) is 63.8 Å². The Bertz CT molecular complexity index is 378. The fourth-order valence-corrected chi connectivity index (χ4v) is 3.61. The minimum Gasteiger partial charge on any atom is -0.448 e. The molecule has 2 amide bonds. The lowest BCUT2D eigenvalue weighted by molar-refractivity contribution is -0.122. The van der Waals surface area contributed by atoms with Crippen molar-refractivity contribution < 1.29 is 14.3 Å². The predicted octanol–water partition coefficient (Wildman–Crippen LogP) is 3.30. The Morgan fingerprint density at radius 2 is 1.78 bits per heavy atom. The monoisotopic (exact) mass is 344 g/mol. The first-order chi connectivity index (χ1) is 11.2. The van der Waals surface area contributed by atoms with Crippen molar-refractivity contribution in [3.05, 3.63) is 0 Å². The van der Waals surface area contributed by atoms with Crippen LogP contribution in [0.15, 0.2) is 0 Å². The van der Waals surface area contributed by atoms with E-state index in [0.29, 0.717) is 25.4 Å². The van der Waals surface area contributed by atoms with Gasteiger partial charge in [0.25, 0.3) is 0 Å². The topological polar surface area (TPSA) is 58.6 Å². The van der Waals surface area contributed by atoms with Crippen LogP contribution in [0, 0.1) is 5.92 Å². The smallest absolute Gasteiger partial charge is 0.409 e. The fourth-order valence-electron chi connectivity index (χ4n) is 3.53. The highest BCUT2D eigenvalue weighted by molar-refractivity contribution is 6.18. The lowest BCUT2D eigenvalue weighted by atomic mass is 9.86. The highest BCUT2D eigenvalue weighted by Gasteiger charge is 2.25. The number of piperidine rings is 1. The Morgan fingerprint density at radius 3 is 2.43 bits per heavy atom. The average Bonchev–Trinajstić information content (AvgIpc) is 2.59. The number of carbonyl (C=O) groups is 2. The molecule has 2 fully saturated rings. The van der Waals surface area contributed by atoms with Crippen LogP contribution in [0.1, 0.15) is 57.8 Å². The van der Waals surface area contributed by atoms with Crippen LogP contribution in [0.2, 0.25) is 0 Å². The minimum absolute atomic E-state index is 0.166. The third-order valence-electron chi connectivity index (χ3n) is 4.93. The van der Waals surface area contributed by atoms with Crippen molar-refractivity contribution in [1.29, 1.82) is 0 Å². The van der Waals surface area contributed by atoms with Gasteiger partial charge in [0.15, 0.2) is 0 Å². The van der Waals surface area contributed by atoms with E-state index in [1.165, 1.54) is 32.1 Å². The summed E-state index contributed by atoms with van der Waals surface area (Å²) in [5, 5.41) is 3.12. The molecular weight excluding hydrogens is 316 g/mol. The highest BCUT2D eigenvalue weighted by atomic mass is 35.5. The van der Waals surface area contributed by atoms with Crippen molar-refractivity contribution in [2.24, 2.45) is 5.92 Å². The molecule has 6 heteroatoms. The fraction of sp³-hybridized carbons (Fsp3) is 0.882. The largest absolute Gasteiger partial charge is 0.448 e. The van der Waals surface area contributed by atoms with E-state index < -0.39 is 0 Å². The van der Waals surface area contributed by atoms with Gasteiger partial charge in [-0.15, -0.1) is 11.6 Å². The number of rotatable bonds is 6. The zero-order chi connectivity index (χ0) is 16.5. The standard InChI is InChI=1S/C17H29ClN2O3/c18-10-13-23-17(22)20-11-8-15(9-12-20)19-16(21)7-6-14-4-2-1-3-5-14/h14-15H,1-13H2,(H,19,21). The number of nitrogens with one attached hydrogen (secondary N) is 1. The summed E-state index contributed by atoms with van der Waals surface area (Å²) in [7, 11) is 0. The van der Waals surface area contributed by atoms with E-state index in [0.717, 1.165) is 25.2 Å². The van der Waals surface area contributed by atoms with E-state index in [2.05, 4.69) is 5.32 Å². The van der Waals surface area contributed by atoms with E-state index in [-0.39, 0.29) is 24.6 Å². The van der Waals surface area contributed by atoms with Crippen molar-refractivity contribution >= 4 is 23.6 Å². The molecule has 0 aromatic carbocycles. The van der Waals surface area contributed by atoms with Crippen molar-refractivity contribution in [3.63, 3.8) is 0 Å². The molecule has 1 saturated carbocycles. The molecule has 0 spiro atoms. The molecule has 0 aromatic rings. The summed E-state index contributed by atoms with van der Waals surface area (Å²) in [6.45, 7) is 1.52. The van der Waals surface area contributed by atoms with Gasteiger partial charge in [-0.2, -0.15) is 0 Å². The molecule has 5 nitrogen and oxygen atoms in total. The van der Waals surface area contributed by atoms with Crippen LogP contribution < -0.4 is 5.32 Å². The molecule has 1 N–H and O–H groups in total. The zero-order valence-corrected chi connectivity index (χ0v) is 14.7. The summed E-state index contributed by atoms with van der Waals surface area (Å²) in [5.74, 6) is 1.23. The molecule has 1 aliphatic carbocycles. The third-order valence-corrected chi connectivity index (χ3v) is 5.08. The summed E-state index contributed by atoms with van der Waals surface area (Å²) < 4.78 is 5.02. The quantitative estimate of drug-likeness (QED) is 0.752. The maximum absolute atomic E-state index is 12.1. The van der Waals surface area contributed by atoms with E-state index in [1.807, 2.05) is 0 Å². The molecule has 23 heavy (non-hydrogen) atoms. The van der Waals surface area contributed by atoms with Crippen LogP contribution in [0.25, 0.3) is 0 Å². The predicted molar refractivity (Wildman–Crippen MR) is 90.6 cm³/mol. The normalized spacial score (nSPS) is 20.3. The maximum Gasteiger partial charge on any atom is 0.409 e. The van der Waals surface area contributed by atoms with Crippen LogP contribution in [-0.2, 0) is 9.53 Å². The maximum atomic E-state index is 12.1. The molecule has 1 saturated heterocycles. The van der Waals surface area contributed by atoms with Crippen molar-refractivity contribution in [3.8, 4) is 0 Å². The first kappa shape index (κ1) is 18.4. The molecule has 0 bridgehead atoms. The Kier molecular flexibility index (Phi) is 8.00. The van der Waals surface area contributed by atoms with Gasteiger partial charge in [-0.05, 0) is 25.2 Å². The highest BCUT2D eigenvalue weighted by Crippen LogP contribution is 2.27. The van der Waals surface area contributed by atoms with Gasteiger partial charge < -0.3 is 15.0 Å². The molecule has 2 rings (SSSR count). The average molecular weight is 345 g/mol. The second kappa shape index (κ2) is 10.0. The second-order valence-corrected chi connectivity index (χ2v) is 7.05. The van der Waals surface area contributed by atoms with Gasteiger partial charge in [0.05, 0.1) is 5.88 Å². The van der Waals surface area contributed by atoms with Crippen molar-refractivity contribution in [2.75, 3.05) is 25.6 Å². The first-order valence-corrected chi connectivity index (χ1v) is 9.49. The lowest BCUT2D eigenvalue weighted by Crippen LogP contribution is -2.46. The molecule has 0 unspecified atom stereocenters. The molecule has 0 atom stereocenters. The number of amides is 2. The molecule has 0 aromatic heterocycles. The van der Waals surface area contributed by atoms with Gasteiger partial charge in [0.2, 0.25) is 5.91 Å². The van der Waals surface area contributed by atoms with Gasteiger partial charge >= 0.3 is 6.09 Å². The van der Waals surface area contributed by atoms with Crippen LogP contribution >= 0.6 is 11.6 Å². The van der Waals surface area contributed by atoms with Gasteiger partial charge in [-0.3, -0.25) is 4.79 Å². The molecule has 0 radical (unpaired) electrons. The van der Waals surface area contributed by atoms with E-state index >= 15 is 0 Å². The Labute approximate surface area is 144 Å². The number of halogens is 1. The molecule has 1 aliphatic heterocycles. The van der Waals surface area contributed by atoms with Crippen LogP contribution in [0.4, 0.5) is 4.79 Å². The second-order valence-electron chi connectivity index (χ2n) is 6.67. The third kappa shape index (κ3) is 6.58. The lowest BCUT2D eigenvalue weighted by Gasteiger charge is -2.31. The summed E-state index contributed by atoms with van der Waals surface area (Å²) in [6, 6.07) is 0.186. The minimum atomic E-state index is -0.298. The first-order valence-electron chi connectivity index (χ1n) is 8.96. The number of carbonyl (C=O) groups excluding carboxylic acids is 2. The number of ether oxygens (including phenoxy) is 1. The van der Waals surface area contributed by atoms with Gasteiger partial charge in [0.1, 0.15) is 6.61 Å². The van der Waals surface area contributed by atoms with Crippen LogP contribution in [0.3, 0.4) is 0 Å². The molecule has 1 heterocycles. The Hall–Kier alpha value is -0.970. The van der Waals surface area contributed by atoms with Crippen LogP contribution in [-0.4, -0.2) is 48.5 Å². The summed E-state index contributed by atoms with van der Waals surface area (Å²) in [6.07, 6.45) is 9.54. The summed E-state index contributed by atoms with van der Waals surface area (Å²) >= 11 is 5.51. The number of hydrogen-bond acceptors (Lipinski definition) is 3. The zero-order valence-electron chi connectivity index (χ0n) is 13.9. The summed E-state index contributed by atoms with van der Waals surface area (Å²) in [5.41, 5.74) is 0. The molecule has 132 valence electrons. The SMILES string of the molecule is O=C(CCC1CCCCC1)NC1CCN(C(=O)OCCCl)CC1. The van der Waals surface area contributed by atoms with Gasteiger partial charge in [0, 0.05) is 25.6 Å². The number of alkyl halides is 1. The van der Waals surface area contributed by atoms with E-state index in [1.54, 1.807) is 4.90 Å².